The van der Waals surface area contributed by atoms with Gasteiger partial charge in [0.05, 0.1) is 5.75 Å². The molecule has 0 aliphatic heterocycles. The summed E-state index contributed by atoms with van der Waals surface area (Å²) in [6.45, 7) is 0.171. The minimum Gasteiger partial charge on any atom is -0.390 e. The van der Waals surface area contributed by atoms with Crippen LogP contribution in [0.15, 0.2) is 4.42 Å². The summed E-state index contributed by atoms with van der Waals surface area (Å²) in [6, 6.07) is 0.0396. The Hall–Kier alpha value is -1.35. The highest BCUT2D eigenvalue weighted by atomic mass is 32.2. The Kier molecular flexibility index (Phi) is 3.25. The van der Waals surface area contributed by atoms with Gasteiger partial charge in [0.2, 0.25) is 10.0 Å². The minimum absolute atomic E-state index is 0.0658. The summed E-state index contributed by atoms with van der Waals surface area (Å²) in [6.07, 6.45) is 0. The fourth-order valence-corrected chi connectivity index (χ4v) is 1.28. The molecular formula is C5H11N5O3S. The van der Waals surface area contributed by atoms with Gasteiger partial charge >= 0.3 is 12.0 Å². The molecular weight excluding hydrogens is 210 g/mol. The summed E-state index contributed by atoms with van der Waals surface area (Å²) in [7, 11) is -1.87. The number of hydrogen-bond donors (Lipinski definition) is 3. The average molecular weight is 221 g/mol. The molecule has 1 rings (SSSR count). The summed E-state index contributed by atoms with van der Waals surface area (Å²) in [5.41, 5.74) is 5.15. The first-order valence-electron chi connectivity index (χ1n) is 3.77. The Bertz CT molecular complexity index is 386. The summed E-state index contributed by atoms with van der Waals surface area (Å²) < 4.78 is 28.8. The Morgan fingerprint density at radius 1 is 1.50 bits per heavy atom. The molecule has 1 aromatic heterocycles. The van der Waals surface area contributed by atoms with Crippen LogP contribution >= 0.6 is 0 Å². The van der Waals surface area contributed by atoms with Gasteiger partial charge in [-0.1, -0.05) is 10.2 Å². The molecule has 1 heterocycles. The molecule has 0 saturated carbocycles. The van der Waals surface area contributed by atoms with Crippen LogP contribution in [0.1, 0.15) is 0 Å². The topological polar surface area (TPSA) is 123 Å². The zero-order chi connectivity index (χ0) is 10.6. The number of nitrogens with one attached hydrogen (secondary N) is 2. The maximum atomic E-state index is 11.0. The van der Waals surface area contributed by atoms with Crippen LogP contribution in [0, 0.1) is 0 Å². The fraction of sp³-hybridized carbons (Fsp3) is 0.600. The van der Waals surface area contributed by atoms with E-state index in [0.717, 1.165) is 0 Å². The van der Waals surface area contributed by atoms with Gasteiger partial charge in [0.1, 0.15) is 0 Å². The van der Waals surface area contributed by atoms with Crippen molar-refractivity contribution in [2.24, 2.45) is 0 Å². The molecule has 4 N–H and O–H groups in total. The van der Waals surface area contributed by atoms with Crippen LogP contribution in [-0.4, -0.2) is 38.0 Å². The second-order valence-electron chi connectivity index (χ2n) is 2.40. The Morgan fingerprint density at radius 3 is 2.71 bits per heavy atom. The van der Waals surface area contributed by atoms with E-state index < -0.39 is 10.0 Å². The number of sulfonamides is 1. The van der Waals surface area contributed by atoms with Crippen LogP contribution in [0.25, 0.3) is 0 Å². The van der Waals surface area contributed by atoms with Crippen molar-refractivity contribution in [1.82, 2.24) is 14.9 Å². The van der Waals surface area contributed by atoms with Gasteiger partial charge in [0, 0.05) is 6.54 Å². The largest absolute Gasteiger partial charge is 0.390 e. The number of nitrogens with two attached hydrogens (primary N) is 1. The van der Waals surface area contributed by atoms with Crippen LogP contribution in [0.4, 0.5) is 12.0 Å². The van der Waals surface area contributed by atoms with E-state index in [1.807, 2.05) is 0 Å². The number of nitrogens with zero attached hydrogens (tertiary/aromatic N) is 2. The predicted molar refractivity (Wildman–Crippen MR) is 50.0 cm³/mol. The Balaban J connectivity index is 2.36. The quantitative estimate of drug-likeness (QED) is 0.559. The van der Waals surface area contributed by atoms with E-state index in [1.54, 1.807) is 0 Å². The third-order valence-electron chi connectivity index (χ3n) is 1.40. The molecule has 0 bridgehead atoms. The first-order valence-corrected chi connectivity index (χ1v) is 5.43. The third-order valence-corrected chi connectivity index (χ3v) is 2.76. The van der Waals surface area contributed by atoms with Crippen molar-refractivity contribution in [3.63, 3.8) is 0 Å². The molecule has 0 unspecified atom stereocenters. The molecule has 0 spiro atoms. The lowest BCUT2D eigenvalue weighted by Gasteiger charge is -2.01. The summed E-state index contributed by atoms with van der Waals surface area (Å²) in [5, 5.41) is 9.50. The van der Waals surface area contributed by atoms with E-state index in [2.05, 4.69) is 20.2 Å². The molecule has 0 atom stereocenters. The van der Waals surface area contributed by atoms with E-state index >= 15 is 0 Å². The lowest BCUT2D eigenvalue weighted by Crippen LogP contribution is -2.26. The Labute approximate surface area is 80.9 Å². The van der Waals surface area contributed by atoms with Crippen LogP contribution < -0.4 is 15.8 Å². The standard InChI is InChI=1S/C5H11N5O3S/c1-7-14(11,12)3-2-8-5-10-9-4(6)13-5/h7H,2-3H2,1H3,(H2,6,9)(H,8,10). The van der Waals surface area contributed by atoms with Gasteiger partial charge in [-0.2, -0.15) is 0 Å². The molecule has 8 nitrogen and oxygen atoms in total. The van der Waals surface area contributed by atoms with Gasteiger partial charge in [-0.25, -0.2) is 13.1 Å². The number of aromatic nitrogens is 2. The van der Waals surface area contributed by atoms with Gasteiger partial charge in [-0.3, -0.25) is 0 Å². The van der Waals surface area contributed by atoms with E-state index in [9.17, 15) is 8.42 Å². The molecule has 0 saturated heterocycles. The smallest absolute Gasteiger partial charge is 0.316 e. The van der Waals surface area contributed by atoms with Gasteiger partial charge < -0.3 is 15.5 Å². The summed E-state index contributed by atoms with van der Waals surface area (Å²) in [4.78, 5) is 0. The molecule has 80 valence electrons. The summed E-state index contributed by atoms with van der Waals surface area (Å²) >= 11 is 0. The van der Waals surface area contributed by atoms with Crippen molar-refractivity contribution in [1.29, 1.82) is 0 Å². The third kappa shape index (κ3) is 3.18. The Morgan fingerprint density at radius 2 is 2.21 bits per heavy atom. The second-order valence-corrected chi connectivity index (χ2v) is 4.44. The normalized spacial score (nSPS) is 11.5. The SMILES string of the molecule is CNS(=O)(=O)CCNc1nnc(N)o1. The lowest BCUT2D eigenvalue weighted by atomic mass is 10.7. The van der Waals surface area contributed by atoms with Gasteiger partial charge in [-0.15, -0.1) is 0 Å². The predicted octanol–water partition coefficient (Wildman–Crippen LogP) is -1.39. The maximum Gasteiger partial charge on any atom is 0.316 e. The molecule has 0 aliphatic carbocycles. The highest BCUT2D eigenvalue weighted by molar-refractivity contribution is 7.89. The van der Waals surface area contributed by atoms with Gasteiger partial charge in [-0.05, 0) is 7.05 Å². The molecule has 14 heavy (non-hydrogen) atoms. The molecule has 0 fully saturated rings. The van der Waals surface area contributed by atoms with Crippen LogP contribution in [-0.2, 0) is 10.0 Å². The van der Waals surface area contributed by atoms with Crippen molar-refractivity contribution in [2.75, 3.05) is 30.4 Å². The van der Waals surface area contributed by atoms with E-state index in [4.69, 9.17) is 10.2 Å². The van der Waals surface area contributed by atoms with Crippen molar-refractivity contribution < 1.29 is 12.8 Å². The number of hydrogen-bond acceptors (Lipinski definition) is 7. The fourth-order valence-electron chi connectivity index (χ4n) is 0.700. The highest BCUT2D eigenvalue weighted by Crippen LogP contribution is 2.04. The van der Waals surface area contributed by atoms with Crippen LogP contribution in [0.2, 0.25) is 0 Å². The van der Waals surface area contributed by atoms with Gasteiger partial charge in [0.15, 0.2) is 0 Å². The van der Waals surface area contributed by atoms with Crippen molar-refractivity contribution in [3.05, 3.63) is 0 Å². The highest BCUT2D eigenvalue weighted by Gasteiger charge is 2.07. The summed E-state index contributed by atoms with van der Waals surface area (Å²) in [5.74, 6) is -0.0776. The first kappa shape index (κ1) is 10.7. The van der Waals surface area contributed by atoms with E-state index in [-0.39, 0.29) is 24.3 Å². The molecule has 9 heteroatoms. The van der Waals surface area contributed by atoms with E-state index in [1.165, 1.54) is 7.05 Å². The van der Waals surface area contributed by atoms with Crippen molar-refractivity contribution >= 4 is 22.1 Å². The minimum atomic E-state index is -3.22. The number of anilines is 2. The molecule has 0 aliphatic rings. The zero-order valence-electron chi connectivity index (χ0n) is 7.52. The number of rotatable bonds is 5. The first-order chi connectivity index (χ1) is 6.53. The zero-order valence-corrected chi connectivity index (χ0v) is 8.34. The number of nitrogen functional groups attached to an aromatic ring is 1. The maximum absolute atomic E-state index is 11.0. The average Bonchev–Trinajstić information content (AvgIpc) is 2.51. The second kappa shape index (κ2) is 4.24. The molecule has 0 aromatic carbocycles. The van der Waals surface area contributed by atoms with E-state index in [0.29, 0.717) is 0 Å². The van der Waals surface area contributed by atoms with Crippen LogP contribution in [0.5, 0.6) is 0 Å². The molecule has 1 aromatic rings. The van der Waals surface area contributed by atoms with Gasteiger partial charge in [0.25, 0.3) is 0 Å². The lowest BCUT2D eigenvalue weighted by molar-refractivity contribution is 0.582. The monoisotopic (exact) mass is 221 g/mol. The molecule has 0 amide bonds. The van der Waals surface area contributed by atoms with Crippen molar-refractivity contribution in [3.8, 4) is 0 Å². The molecule has 0 radical (unpaired) electrons. The van der Waals surface area contributed by atoms with Crippen molar-refractivity contribution in [2.45, 2.75) is 0 Å². The van der Waals surface area contributed by atoms with Crippen LogP contribution in [0.3, 0.4) is 0 Å².